The third kappa shape index (κ3) is 3.79. The van der Waals surface area contributed by atoms with Gasteiger partial charge in [0.2, 0.25) is 0 Å². The predicted molar refractivity (Wildman–Crippen MR) is 79.0 cm³/mol. The highest BCUT2D eigenvalue weighted by Crippen LogP contribution is 2.40. The van der Waals surface area contributed by atoms with Crippen LogP contribution in [0.5, 0.6) is 0 Å². The van der Waals surface area contributed by atoms with Gasteiger partial charge in [0.25, 0.3) is 0 Å². The molecule has 1 aromatic heterocycles. The molecule has 1 saturated carbocycles. The van der Waals surface area contributed by atoms with Crippen molar-refractivity contribution < 1.29 is 0 Å². The van der Waals surface area contributed by atoms with Crippen LogP contribution in [0.15, 0.2) is 6.20 Å². The zero-order valence-corrected chi connectivity index (χ0v) is 12.7. The maximum Gasteiger partial charge on any atom is 0.0959 e. The third-order valence-electron chi connectivity index (χ3n) is 3.89. The van der Waals surface area contributed by atoms with Gasteiger partial charge in [-0.3, -0.25) is 0 Å². The summed E-state index contributed by atoms with van der Waals surface area (Å²) < 4.78 is 0. The van der Waals surface area contributed by atoms with Crippen LogP contribution in [-0.4, -0.2) is 11.5 Å². The second kappa shape index (κ2) is 6.67. The Morgan fingerprint density at radius 1 is 1.44 bits per heavy atom. The fourth-order valence-electron chi connectivity index (χ4n) is 2.75. The van der Waals surface area contributed by atoms with Gasteiger partial charge in [-0.15, -0.1) is 11.3 Å². The largest absolute Gasteiger partial charge is 0.312 e. The Morgan fingerprint density at radius 3 is 2.94 bits per heavy atom. The molecule has 0 aromatic carbocycles. The summed E-state index contributed by atoms with van der Waals surface area (Å²) in [4.78, 5) is 6.04. The molecular weight excluding hydrogens is 240 g/mol. The van der Waals surface area contributed by atoms with Crippen molar-refractivity contribution in [3.8, 4) is 0 Å². The van der Waals surface area contributed by atoms with E-state index in [0.29, 0.717) is 0 Å². The molecule has 0 amide bonds. The summed E-state index contributed by atoms with van der Waals surface area (Å²) in [5, 5.41) is 4.88. The van der Waals surface area contributed by atoms with Crippen molar-refractivity contribution in [3.05, 3.63) is 16.1 Å². The summed E-state index contributed by atoms with van der Waals surface area (Å²) >= 11 is 1.92. The van der Waals surface area contributed by atoms with Crippen LogP contribution in [0.3, 0.4) is 0 Å². The molecule has 2 atom stereocenters. The zero-order valence-electron chi connectivity index (χ0n) is 11.9. The molecule has 0 saturated heterocycles. The first-order valence-electron chi connectivity index (χ1n) is 7.34. The molecule has 1 aromatic rings. The average molecular weight is 266 g/mol. The Bertz CT molecular complexity index is 359. The number of hydrogen-bond acceptors (Lipinski definition) is 3. The van der Waals surface area contributed by atoms with Crippen molar-refractivity contribution >= 4 is 11.3 Å². The summed E-state index contributed by atoms with van der Waals surface area (Å²) in [5.74, 6) is 2.41. The summed E-state index contributed by atoms with van der Waals surface area (Å²) in [6.07, 6.45) is 7.53. The standard InChI is InChI=1S/C15H26N2S/c1-4-12-5-6-13(7-12)15-17-10-14(18-15)9-16-8-11(2)3/h10-13,16H,4-9H2,1-3H3. The molecule has 1 N–H and O–H groups in total. The van der Waals surface area contributed by atoms with Gasteiger partial charge < -0.3 is 5.32 Å². The Kier molecular flexibility index (Phi) is 5.19. The van der Waals surface area contributed by atoms with Gasteiger partial charge in [-0.25, -0.2) is 4.98 Å². The first-order valence-corrected chi connectivity index (χ1v) is 8.16. The lowest BCUT2D eigenvalue weighted by molar-refractivity contribution is 0.521. The normalized spacial score (nSPS) is 24.0. The number of hydrogen-bond donors (Lipinski definition) is 1. The van der Waals surface area contributed by atoms with Crippen molar-refractivity contribution in [1.29, 1.82) is 0 Å². The highest BCUT2D eigenvalue weighted by molar-refractivity contribution is 7.11. The van der Waals surface area contributed by atoms with Crippen LogP contribution in [0, 0.1) is 11.8 Å². The maximum absolute atomic E-state index is 4.64. The van der Waals surface area contributed by atoms with E-state index in [-0.39, 0.29) is 0 Å². The van der Waals surface area contributed by atoms with Gasteiger partial charge >= 0.3 is 0 Å². The van der Waals surface area contributed by atoms with Gasteiger partial charge in [-0.05, 0) is 37.6 Å². The van der Waals surface area contributed by atoms with E-state index >= 15 is 0 Å². The first kappa shape index (κ1) is 14.0. The molecule has 0 aliphatic heterocycles. The number of nitrogens with one attached hydrogen (secondary N) is 1. The second-order valence-corrected chi connectivity index (χ2v) is 7.12. The van der Waals surface area contributed by atoms with Crippen LogP contribution in [0.1, 0.15) is 62.3 Å². The molecule has 0 bridgehead atoms. The van der Waals surface area contributed by atoms with E-state index in [0.717, 1.165) is 30.8 Å². The predicted octanol–water partition coefficient (Wildman–Crippen LogP) is 4.18. The van der Waals surface area contributed by atoms with Gasteiger partial charge in [0.1, 0.15) is 0 Å². The van der Waals surface area contributed by atoms with E-state index in [1.165, 1.54) is 35.6 Å². The molecule has 1 heterocycles. The van der Waals surface area contributed by atoms with E-state index < -0.39 is 0 Å². The minimum atomic E-state index is 0.720. The summed E-state index contributed by atoms with van der Waals surface area (Å²) in [7, 11) is 0. The number of thiazole rings is 1. The van der Waals surface area contributed by atoms with E-state index in [2.05, 4.69) is 37.3 Å². The molecule has 1 aliphatic carbocycles. The fourth-order valence-corrected chi connectivity index (χ4v) is 3.78. The molecule has 3 heteroatoms. The quantitative estimate of drug-likeness (QED) is 0.835. The minimum Gasteiger partial charge on any atom is -0.312 e. The van der Waals surface area contributed by atoms with E-state index in [1.807, 2.05) is 11.3 Å². The molecule has 2 unspecified atom stereocenters. The lowest BCUT2D eigenvalue weighted by Gasteiger charge is -2.06. The second-order valence-electron chi connectivity index (χ2n) is 5.97. The summed E-state index contributed by atoms with van der Waals surface area (Å²) in [6, 6.07) is 0. The van der Waals surface area contributed by atoms with Gasteiger partial charge in [0, 0.05) is 23.5 Å². The Morgan fingerprint density at radius 2 is 2.28 bits per heavy atom. The number of aromatic nitrogens is 1. The third-order valence-corrected chi connectivity index (χ3v) is 5.05. The van der Waals surface area contributed by atoms with E-state index in [1.54, 1.807) is 0 Å². The van der Waals surface area contributed by atoms with Gasteiger partial charge in [0.15, 0.2) is 0 Å². The van der Waals surface area contributed by atoms with Crippen LogP contribution in [0.2, 0.25) is 0 Å². The number of rotatable bonds is 6. The highest BCUT2D eigenvalue weighted by Gasteiger charge is 2.26. The minimum absolute atomic E-state index is 0.720. The molecule has 0 spiro atoms. The highest BCUT2D eigenvalue weighted by atomic mass is 32.1. The Labute approximate surface area is 115 Å². The van der Waals surface area contributed by atoms with Crippen molar-refractivity contribution in [2.75, 3.05) is 6.54 Å². The zero-order chi connectivity index (χ0) is 13.0. The smallest absolute Gasteiger partial charge is 0.0959 e. The maximum atomic E-state index is 4.64. The monoisotopic (exact) mass is 266 g/mol. The molecule has 18 heavy (non-hydrogen) atoms. The number of nitrogens with zero attached hydrogens (tertiary/aromatic N) is 1. The SMILES string of the molecule is CCC1CCC(c2ncc(CNCC(C)C)s2)C1. The average Bonchev–Trinajstić information content (AvgIpc) is 2.95. The van der Waals surface area contributed by atoms with Gasteiger partial charge in [0.05, 0.1) is 5.01 Å². The van der Waals surface area contributed by atoms with Crippen molar-refractivity contribution in [2.24, 2.45) is 11.8 Å². The van der Waals surface area contributed by atoms with Crippen LogP contribution in [0.4, 0.5) is 0 Å². The molecule has 2 nitrogen and oxygen atoms in total. The summed E-state index contributed by atoms with van der Waals surface area (Å²) in [6.45, 7) is 8.88. The molecule has 2 rings (SSSR count). The lowest BCUT2D eigenvalue weighted by Crippen LogP contribution is -2.18. The van der Waals surface area contributed by atoms with E-state index in [9.17, 15) is 0 Å². The van der Waals surface area contributed by atoms with Gasteiger partial charge in [-0.1, -0.05) is 27.2 Å². The molecule has 102 valence electrons. The first-order chi connectivity index (χ1) is 8.69. The molecular formula is C15H26N2S. The van der Waals surface area contributed by atoms with E-state index in [4.69, 9.17) is 0 Å². The van der Waals surface area contributed by atoms with Crippen molar-refractivity contribution in [1.82, 2.24) is 10.3 Å². The Balaban J connectivity index is 1.83. The molecule has 1 aliphatic rings. The van der Waals surface area contributed by atoms with Crippen LogP contribution >= 0.6 is 11.3 Å². The van der Waals surface area contributed by atoms with Crippen molar-refractivity contribution in [2.45, 2.75) is 58.9 Å². The lowest BCUT2D eigenvalue weighted by atomic mass is 10.0. The van der Waals surface area contributed by atoms with Crippen LogP contribution < -0.4 is 5.32 Å². The topological polar surface area (TPSA) is 24.9 Å². The molecule has 1 fully saturated rings. The van der Waals surface area contributed by atoms with Crippen molar-refractivity contribution in [3.63, 3.8) is 0 Å². The summed E-state index contributed by atoms with van der Waals surface area (Å²) in [5.41, 5.74) is 0. The van der Waals surface area contributed by atoms with Crippen LogP contribution in [-0.2, 0) is 6.54 Å². The molecule has 0 radical (unpaired) electrons. The van der Waals surface area contributed by atoms with Gasteiger partial charge in [-0.2, -0.15) is 0 Å². The van der Waals surface area contributed by atoms with Crippen LogP contribution in [0.25, 0.3) is 0 Å². The Hall–Kier alpha value is -0.410. The fraction of sp³-hybridized carbons (Fsp3) is 0.800.